The lowest BCUT2D eigenvalue weighted by atomic mass is 9.96. The number of methoxy groups -OCH3 is 1. The lowest BCUT2D eigenvalue weighted by Crippen LogP contribution is -2.46. The third-order valence-corrected chi connectivity index (χ3v) is 3.63. The van der Waals surface area contributed by atoms with Gasteiger partial charge in [-0.15, -0.1) is 0 Å². The summed E-state index contributed by atoms with van der Waals surface area (Å²) in [6, 6.07) is 6.65. The topological polar surface area (TPSA) is 67.9 Å². The molecule has 6 nitrogen and oxygen atoms in total. The SMILES string of the molecule is CCOC(=O)C1=C(C)[C@H](c2ccc(OC)cc2)NC(=O)N1C. The molecular formula is C16H20N2O4. The lowest BCUT2D eigenvalue weighted by Gasteiger charge is -2.33. The van der Waals surface area contributed by atoms with Crippen LogP contribution in [0.3, 0.4) is 0 Å². The van der Waals surface area contributed by atoms with Gasteiger partial charge in [0.1, 0.15) is 11.4 Å². The molecule has 0 fully saturated rings. The molecule has 1 atom stereocenters. The zero-order valence-corrected chi connectivity index (χ0v) is 13.2. The molecule has 0 saturated carbocycles. The molecule has 0 aromatic heterocycles. The van der Waals surface area contributed by atoms with E-state index in [0.29, 0.717) is 0 Å². The van der Waals surface area contributed by atoms with Crippen LogP contribution in [0.2, 0.25) is 0 Å². The molecule has 6 heteroatoms. The van der Waals surface area contributed by atoms with Gasteiger partial charge in [0.05, 0.1) is 19.8 Å². The van der Waals surface area contributed by atoms with Crippen LogP contribution in [-0.4, -0.2) is 37.7 Å². The van der Waals surface area contributed by atoms with E-state index in [1.54, 1.807) is 21.1 Å². The molecule has 0 aliphatic carbocycles. The second-order valence-corrected chi connectivity index (χ2v) is 4.97. The maximum atomic E-state index is 12.1. The van der Waals surface area contributed by atoms with Gasteiger partial charge in [-0.2, -0.15) is 0 Å². The van der Waals surface area contributed by atoms with E-state index in [1.165, 1.54) is 4.90 Å². The zero-order valence-electron chi connectivity index (χ0n) is 13.2. The third-order valence-electron chi connectivity index (χ3n) is 3.63. The Kier molecular flexibility index (Phi) is 4.70. The van der Waals surface area contributed by atoms with Crippen molar-refractivity contribution in [2.24, 2.45) is 0 Å². The molecule has 1 aliphatic heterocycles. The largest absolute Gasteiger partial charge is 0.497 e. The number of rotatable bonds is 4. The fourth-order valence-electron chi connectivity index (χ4n) is 2.46. The molecule has 0 radical (unpaired) electrons. The van der Waals surface area contributed by atoms with Crippen molar-refractivity contribution >= 4 is 12.0 Å². The minimum atomic E-state index is -0.490. The van der Waals surface area contributed by atoms with Crippen LogP contribution in [0.4, 0.5) is 4.79 Å². The highest BCUT2D eigenvalue weighted by molar-refractivity contribution is 5.96. The number of carbonyl (C=O) groups excluding carboxylic acids is 2. The Morgan fingerprint density at radius 1 is 1.32 bits per heavy atom. The van der Waals surface area contributed by atoms with Crippen LogP contribution in [0.15, 0.2) is 35.5 Å². The number of esters is 1. The Morgan fingerprint density at radius 2 is 1.95 bits per heavy atom. The van der Waals surface area contributed by atoms with Crippen LogP contribution < -0.4 is 10.1 Å². The standard InChI is InChI=1S/C16H20N2O4/c1-5-22-15(19)14-10(2)13(17-16(20)18(14)3)11-6-8-12(21-4)9-7-11/h6-9,13H,5H2,1-4H3,(H,17,20)/t13-/m1/s1. The lowest BCUT2D eigenvalue weighted by molar-refractivity contribution is -0.140. The molecule has 2 amide bonds. The normalized spacial score (nSPS) is 18.1. The third kappa shape index (κ3) is 2.90. The number of urea groups is 1. The van der Waals surface area contributed by atoms with E-state index in [1.807, 2.05) is 31.2 Å². The molecule has 1 N–H and O–H groups in total. The summed E-state index contributed by atoms with van der Waals surface area (Å²) in [5.74, 6) is 0.242. The van der Waals surface area contributed by atoms with Crippen LogP contribution in [0.1, 0.15) is 25.5 Å². The van der Waals surface area contributed by atoms with Gasteiger partial charge in [0.25, 0.3) is 0 Å². The summed E-state index contributed by atoms with van der Waals surface area (Å²) >= 11 is 0. The van der Waals surface area contributed by atoms with Crippen molar-refractivity contribution in [2.45, 2.75) is 19.9 Å². The van der Waals surface area contributed by atoms with Crippen LogP contribution in [0.5, 0.6) is 5.75 Å². The Morgan fingerprint density at radius 3 is 2.50 bits per heavy atom. The van der Waals surface area contributed by atoms with Crippen molar-refractivity contribution in [3.8, 4) is 5.75 Å². The quantitative estimate of drug-likeness (QED) is 0.866. The van der Waals surface area contributed by atoms with Gasteiger partial charge >= 0.3 is 12.0 Å². The van der Waals surface area contributed by atoms with Gasteiger partial charge in [-0.05, 0) is 37.1 Å². The van der Waals surface area contributed by atoms with E-state index in [0.717, 1.165) is 16.9 Å². The maximum absolute atomic E-state index is 12.1. The average molecular weight is 304 g/mol. The van der Waals surface area contributed by atoms with Gasteiger partial charge in [0, 0.05) is 7.05 Å². The molecule has 1 aliphatic rings. The summed E-state index contributed by atoms with van der Waals surface area (Å²) in [4.78, 5) is 25.5. The fraction of sp³-hybridized carbons (Fsp3) is 0.375. The van der Waals surface area contributed by atoms with E-state index in [-0.39, 0.29) is 24.4 Å². The summed E-state index contributed by atoms with van der Waals surface area (Å²) in [5, 5.41) is 2.88. The summed E-state index contributed by atoms with van der Waals surface area (Å²) in [6.45, 7) is 3.81. The van der Waals surface area contributed by atoms with Crippen LogP contribution in [-0.2, 0) is 9.53 Å². The van der Waals surface area contributed by atoms with Gasteiger partial charge < -0.3 is 14.8 Å². The average Bonchev–Trinajstić information content (AvgIpc) is 2.51. The molecule has 0 bridgehead atoms. The minimum Gasteiger partial charge on any atom is -0.497 e. The highest BCUT2D eigenvalue weighted by Crippen LogP contribution is 2.30. The Hall–Kier alpha value is -2.50. The molecule has 1 aromatic carbocycles. The van der Waals surface area contributed by atoms with Crippen LogP contribution in [0.25, 0.3) is 0 Å². The fourth-order valence-corrected chi connectivity index (χ4v) is 2.46. The number of nitrogens with zero attached hydrogens (tertiary/aromatic N) is 1. The first-order chi connectivity index (χ1) is 10.5. The van der Waals surface area contributed by atoms with Crippen molar-refractivity contribution in [3.05, 3.63) is 41.1 Å². The first-order valence-electron chi connectivity index (χ1n) is 7.05. The maximum Gasteiger partial charge on any atom is 0.355 e. The predicted octanol–water partition coefficient (Wildman–Crippen LogP) is 2.23. The highest BCUT2D eigenvalue weighted by atomic mass is 16.5. The van der Waals surface area contributed by atoms with Gasteiger partial charge in [0.15, 0.2) is 0 Å². The Bertz CT molecular complexity index is 607. The van der Waals surface area contributed by atoms with Gasteiger partial charge in [-0.1, -0.05) is 12.1 Å². The van der Waals surface area contributed by atoms with Crippen LogP contribution >= 0.6 is 0 Å². The second kappa shape index (κ2) is 6.51. The molecule has 1 aromatic rings. The van der Waals surface area contributed by atoms with Crippen molar-refractivity contribution < 1.29 is 19.1 Å². The molecule has 0 saturated heterocycles. The first kappa shape index (κ1) is 15.9. The second-order valence-electron chi connectivity index (χ2n) is 4.97. The van der Waals surface area contributed by atoms with Crippen molar-refractivity contribution in [2.75, 3.05) is 20.8 Å². The van der Waals surface area contributed by atoms with Gasteiger partial charge in [0.2, 0.25) is 0 Å². The number of hydrogen-bond donors (Lipinski definition) is 1. The number of likely N-dealkylation sites (N-methyl/N-ethyl adjacent to an activating group) is 1. The molecule has 118 valence electrons. The van der Waals surface area contributed by atoms with E-state index < -0.39 is 5.97 Å². The number of nitrogens with one attached hydrogen (secondary N) is 1. The van der Waals surface area contributed by atoms with Crippen molar-refractivity contribution in [1.82, 2.24) is 10.2 Å². The molecule has 0 spiro atoms. The molecular weight excluding hydrogens is 284 g/mol. The van der Waals surface area contributed by atoms with E-state index in [9.17, 15) is 9.59 Å². The highest BCUT2D eigenvalue weighted by Gasteiger charge is 2.33. The molecule has 1 heterocycles. The van der Waals surface area contributed by atoms with Crippen molar-refractivity contribution in [3.63, 3.8) is 0 Å². The number of carbonyl (C=O) groups is 2. The van der Waals surface area contributed by atoms with E-state index in [4.69, 9.17) is 9.47 Å². The Balaban J connectivity index is 2.41. The number of amides is 2. The van der Waals surface area contributed by atoms with Gasteiger partial charge in [-0.25, -0.2) is 9.59 Å². The minimum absolute atomic E-state index is 0.262. The predicted molar refractivity (Wildman–Crippen MR) is 81.4 cm³/mol. The summed E-state index contributed by atoms with van der Waals surface area (Å²) < 4.78 is 10.2. The molecule has 2 rings (SSSR count). The van der Waals surface area contributed by atoms with Crippen LogP contribution in [0, 0.1) is 0 Å². The van der Waals surface area contributed by atoms with Gasteiger partial charge in [-0.3, -0.25) is 4.90 Å². The molecule has 0 unspecified atom stereocenters. The number of ether oxygens (including phenoxy) is 2. The summed E-state index contributed by atoms with van der Waals surface area (Å²) in [5.41, 5.74) is 1.90. The summed E-state index contributed by atoms with van der Waals surface area (Å²) in [6.07, 6.45) is 0. The number of benzene rings is 1. The molecule has 22 heavy (non-hydrogen) atoms. The van der Waals surface area contributed by atoms with E-state index >= 15 is 0 Å². The first-order valence-corrected chi connectivity index (χ1v) is 7.05. The smallest absolute Gasteiger partial charge is 0.355 e. The van der Waals surface area contributed by atoms with E-state index in [2.05, 4.69) is 5.32 Å². The van der Waals surface area contributed by atoms with Crippen molar-refractivity contribution in [1.29, 1.82) is 0 Å². The summed E-state index contributed by atoms with van der Waals surface area (Å²) in [7, 11) is 3.14. The monoisotopic (exact) mass is 304 g/mol. The zero-order chi connectivity index (χ0) is 16.3. The Labute approximate surface area is 129 Å². The number of hydrogen-bond acceptors (Lipinski definition) is 4.